The molecule has 1 aromatic carbocycles. The summed E-state index contributed by atoms with van der Waals surface area (Å²) in [6, 6.07) is 8.20. The lowest BCUT2D eigenvalue weighted by atomic mass is 10.1. The van der Waals surface area contributed by atoms with E-state index in [9.17, 15) is 4.79 Å². The zero-order chi connectivity index (χ0) is 19.3. The van der Waals surface area contributed by atoms with Gasteiger partial charge >= 0.3 is 0 Å². The monoisotopic (exact) mass is 383 g/mol. The van der Waals surface area contributed by atoms with Crippen molar-refractivity contribution in [1.82, 2.24) is 25.3 Å². The van der Waals surface area contributed by atoms with Crippen LogP contribution in [0.25, 0.3) is 11.4 Å². The number of rotatable bonds is 6. The number of aryl methyl sites for hydroxylation is 2. The lowest BCUT2D eigenvalue weighted by Crippen LogP contribution is -2.53. The summed E-state index contributed by atoms with van der Waals surface area (Å²) in [6.07, 6.45) is 3.85. The first-order valence-electron chi connectivity index (χ1n) is 10.3. The van der Waals surface area contributed by atoms with E-state index in [-0.39, 0.29) is 11.9 Å². The molecule has 1 amide bonds. The van der Waals surface area contributed by atoms with Gasteiger partial charge in [-0.2, -0.15) is 4.98 Å². The summed E-state index contributed by atoms with van der Waals surface area (Å²) in [7, 11) is 0. The van der Waals surface area contributed by atoms with Gasteiger partial charge in [-0.05, 0) is 39.3 Å². The molecule has 0 bridgehead atoms. The van der Waals surface area contributed by atoms with Gasteiger partial charge in [0, 0.05) is 38.2 Å². The number of nitrogens with zero attached hydrogens (tertiary/aromatic N) is 4. The van der Waals surface area contributed by atoms with Crippen molar-refractivity contribution < 1.29 is 9.32 Å². The molecule has 1 unspecified atom stereocenters. The molecule has 4 rings (SSSR count). The van der Waals surface area contributed by atoms with Crippen LogP contribution in [0.1, 0.15) is 30.7 Å². The average molecular weight is 383 g/mol. The standard InChI is InChI=1S/C21H29N5O2/c1-16-6-8-17(9-7-16)20-23-19(28-24-20)5-3-11-25-12-14-26(15-13-25)21(27)18-4-2-10-22-18/h6-9,18,22H,2-5,10-15H2,1H3. The third-order valence-corrected chi connectivity index (χ3v) is 5.69. The van der Waals surface area contributed by atoms with E-state index >= 15 is 0 Å². The van der Waals surface area contributed by atoms with E-state index in [1.165, 1.54) is 5.56 Å². The second-order valence-electron chi connectivity index (χ2n) is 7.80. The fourth-order valence-electron chi connectivity index (χ4n) is 3.94. The Bertz CT molecular complexity index is 774. The van der Waals surface area contributed by atoms with Gasteiger partial charge in [-0.1, -0.05) is 35.0 Å². The Morgan fingerprint density at radius 2 is 2.00 bits per heavy atom. The second-order valence-corrected chi connectivity index (χ2v) is 7.80. The van der Waals surface area contributed by atoms with Gasteiger partial charge < -0.3 is 14.7 Å². The van der Waals surface area contributed by atoms with Crippen LogP contribution in [0, 0.1) is 6.92 Å². The van der Waals surface area contributed by atoms with Crippen LogP contribution in [0.3, 0.4) is 0 Å². The highest BCUT2D eigenvalue weighted by atomic mass is 16.5. The van der Waals surface area contributed by atoms with Crippen molar-refractivity contribution in [1.29, 1.82) is 0 Å². The van der Waals surface area contributed by atoms with Gasteiger partial charge in [-0.3, -0.25) is 9.69 Å². The summed E-state index contributed by atoms with van der Waals surface area (Å²) in [5, 5.41) is 7.40. The topological polar surface area (TPSA) is 74.5 Å². The molecule has 150 valence electrons. The molecule has 0 aliphatic carbocycles. The van der Waals surface area contributed by atoms with Crippen molar-refractivity contribution >= 4 is 5.91 Å². The quantitative estimate of drug-likeness (QED) is 0.821. The summed E-state index contributed by atoms with van der Waals surface area (Å²) >= 11 is 0. The molecule has 1 aromatic heterocycles. The minimum absolute atomic E-state index is 0.0480. The summed E-state index contributed by atoms with van der Waals surface area (Å²) in [4.78, 5) is 21.4. The summed E-state index contributed by atoms with van der Waals surface area (Å²) in [6.45, 7) is 7.56. The maximum absolute atomic E-state index is 12.5. The molecule has 0 spiro atoms. The average Bonchev–Trinajstić information content (AvgIpc) is 3.41. The van der Waals surface area contributed by atoms with Gasteiger partial charge in [0.15, 0.2) is 0 Å². The Labute approximate surface area is 166 Å². The lowest BCUT2D eigenvalue weighted by Gasteiger charge is -2.35. The molecule has 1 N–H and O–H groups in total. The summed E-state index contributed by atoms with van der Waals surface area (Å²) in [5.74, 6) is 1.63. The minimum atomic E-state index is 0.0480. The highest BCUT2D eigenvalue weighted by Crippen LogP contribution is 2.17. The highest BCUT2D eigenvalue weighted by molar-refractivity contribution is 5.82. The van der Waals surface area contributed by atoms with E-state index in [4.69, 9.17) is 4.52 Å². The molecule has 1 atom stereocenters. The number of hydrogen-bond acceptors (Lipinski definition) is 6. The van der Waals surface area contributed by atoms with Crippen molar-refractivity contribution in [3.8, 4) is 11.4 Å². The maximum Gasteiger partial charge on any atom is 0.239 e. The van der Waals surface area contributed by atoms with Crippen LogP contribution in [0.2, 0.25) is 0 Å². The molecule has 7 nitrogen and oxygen atoms in total. The van der Waals surface area contributed by atoms with Crippen LogP contribution >= 0.6 is 0 Å². The van der Waals surface area contributed by atoms with Gasteiger partial charge in [0.05, 0.1) is 6.04 Å². The molecule has 0 radical (unpaired) electrons. The van der Waals surface area contributed by atoms with Gasteiger partial charge in [-0.15, -0.1) is 0 Å². The zero-order valence-electron chi connectivity index (χ0n) is 16.6. The van der Waals surface area contributed by atoms with Crippen molar-refractivity contribution in [3.05, 3.63) is 35.7 Å². The van der Waals surface area contributed by atoms with Crippen LogP contribution in [-0.2, 0) is 11.2 Å². The third kappa shape index (κ3) is 4.59. The van der Waals surface area contributed by atoms with Gasteiger partial charge in [0.1, 0.15) is 0 Å². The van der Waals surface area contributed by atoms with Crippen molar-refractivity contribution in [3.63, 3.8) is 0 Å². The van der Waals surface area contributed by atoms with Crippen LogP contribution in [0.4, 0.5) is 0 Å². The number of carbonyl (C=O) groups excluding carboxylic acids is 1. The Morgan fingerprint density at radius 3 is 2.71 bits per heavy atom. The number of piperazine rings is 1. The highest BCUT2D eigenvalue weighted by Gasteiger charge is 2.29. The molecule has 7 heteroatoms. The fraction of sp³-hybridized carbons (Fsp3) is 0.571. The number of nitrogens with one attached hydrogen (secondary N) is 1. The van der Waals surface area contributed by atoms with Crippen LogP contribution in [0.15, 0.2) is 28.8 Å². The molecule has 2 saturated heterocycles. The molecule has 2 aliphatic rings. The predicted octanol–water partition coefficient (Wildman–Crippen LogP) is 1.87. The van der Waals surface area contributed by atoms with E-state index in [2.05, 4.69) is 39.4 Å². The first-order valence-corrected chi connectivity index (χ1v) is 10.3. The fourth-order valence-corrected chi connectivity index (χ4v) is 3.94. The number of benzene rings is 1. The SMILES string of the molecule is Cc1ccc(-c2noc(CCCN3CCN(C(=O)C4CCCN4)CC3)n2)cc1. The molecular weight excluding hydrogens is 354 g/mol. The summed E-state index contributed by atoms with van der Waals surface area (Å²) < 4.78 is 5.40. The van der Waals surface area contributed by atoms with Crippen molar-refractivity contribution in [2.75, 3.05) is 39.3 Å². The Balaban J connectivity index is 1.19. The number of amides is 1. The van der Waals surface area contributed by atoms with Gasteiger partial charge in [-0.25, -0.2) is 0 Å². The van der Waals surface area contributed by atoms with E-state index < -0.39 is 0 Å². The first kappa shape index (κ1) is 19.1. The van der Waals surface area contributed by atoms with Crippen LogP contribution < -0.4 is 5.32 Å². The van der Waals surface area contributed by atoms with Gasteiger partial charge in [0.25, 0.3) is 0 Å². The third-order valence-electron chi connectivity index (χ3n) is 5.69. The van der Waals surface area contributed by atoms with E-state index in [1.807, 2.05) is 17.0 Å². The zero-order valence-corrected chi connectivity index (χ0v) is 16.6. The lowest BCUT2D eigenvalue weighted by molar-refractivity contribution is -0.134. The largest absolute Gasteiger partial charge is 0.339 e. The normalized spacial score (nSPS) is 20.6. The van der Waals surface area contributed by atoms with E-state index in [1.54, 1.807) is 0 Å². The number of hydrogen-bond donors (Lipinski definition) is 1. The van der Waals surface area contributed by atoms with E-state index in [0.717, 1.165) is 70.5 Å². The second kappa shape index (κ2) is 8.84. The minimum Gasteiger partial charge on any atom is -0.339 e. The van der Waals surface area contributed by atoms with E-state index in [0.29, 0.717) is 11.7 Å². The first-order chi connectivity index (χ1) is 13.7. The Kier molecular flexibility index (Phi) is 6.02. The smallest absolute Gasteiger partial charge is 0.239 e. The molecule has 2 aromatic rings. The molecular formula is C21H29N5O2. The predicted molar refractivity (Wildman–Crippen MR) is 107 cm³/mol. The Morgan fingerprint density at radius 1 is 1.21 bits per heavy atom. The molecule has 28 heavy (non-hydrogen) atoms. The summed E-state index contributed by atoms with van der Waals surface area (Å²) in [5.41, 5.74) is 2.20. The maximum atomic E-state index is 12.5. The van der Waals surface area contributed by atoms with Crippen molar-refractivity contribution in [2.45, 2.75) is 38.6 Å². The molecule has 2 aliphatic heterocycles. The van der Waals surface area contributed by atoms with Gasteiger partial charge in [0.2, 0.25) is 17.6 Å². The Hall–Kier alpha value is -2.25. The number of carbonyl (C=O) groups is 1. The van der Waals surface area contributed by atoms with Crippen LogP contribution in [0.5, 0.6) is 0 Å². The number of aromatic nitrogens is 2. The molecule has 3 heterocycles. The van der Waals surface area contributed by atoms with Crippen LogP contribution in [-0.4, -0.2) is 71.2 Å². The molecule has 2 fully saturated rings. The molecule has 0 saturated carbocycles. The van der Waals surface area contributed by atoms with Crippen molar-refractivity contribution in [2.24, 2.45) is 0 Å².